The summed E-state index contributed by atoms with van der Waals surface area (Å²) in [5, 5.41) is 3.23. The zero-order valence-electron chi connectivity index (χ0n) is 8.14. The molecule has 0 rings (SSSR count). The summed E-state index contributed by atoms with van der Waals surface area (Å²) in [6.07, 6.45) is 2.04. The van der Waals surface area contributed by atoms with Crippen molar-refractivity contribution in [2.24, 2.45) is 23.1 Å². The fraction of sp³-hybridized carbons (Fsp3) is 1.00. The Hall–Kier alpha value is -0.160. The van der Waals surface area contributed by atoms with Gasteiger partial charge in [0.25, 0.3) is 0 Å². The van der Waals surface area contributed by atoms with Crippen molar-refractivity contribution in [3.8, 4) is 0 Å². The fourth-order valence-electron chi connectivity index (χ4n) is 0.960. The molecule has 7 N–H and O–H groups in total. The van der Waals surface area contributed by atoms with Crippen LogP contribution in [-0.2, 0) is 0 Å². The molecule has 0 heterocycles. The summed E-state index contributed by atoms with van der Waals surface area (Å²) in [5.41, 5.74) is 16.6. The van der Waals surface area contributed by atoms with Crippen LogP contribution in [0.4, 0.5) is 0 Å². The predicted molar refractivity (Wildman–Crippen MR) is 52.2 cm³/mol. The van der Waals surface area contributed by atoms with Gasteiger partial charge in [0.05, 0.1) is 0 Å². The topological polar surface area (TPSA) is 90.1 Å². The Bertz CT molecular complexity index is 108. The van der Waals surface area contributed by atoms with Crippen LogP contribution < -0.4 is 22.5 Å². The number of hydrogen-bond acceptors (Lipinski definition) is 4. The van der Waals surface area contributed by atoms with Crippen molar-refractivity contribution >= 4 is 0 Å². The molecule has 0 radical (unpaired) electrons. The predicted octanol–water partition coefficient (Wildman–Crippen LogP) is -0.458. The van der Waals surface area contributed by atoms with Crippen LogP contribution in [-0.4, -0.2) is 18.9 Å². The van der Waals surface area contributed by atoms with Gasteiger partial charge in [0.2, 0.25) is 0 Å². The molecule has 0 aromatic rings. The first-order valence-electron chi connectivity index (χ1n) is 4.55. The smallest absolute Gasteiger partial charge is 0.118 e. The first kappa shape index (κ1) is 11.8. The molecule has 4 nitrogen and oxygen atoms in total. The van der Waals surface area contributed by atoms with E-state index in [1.807, 2.05) is 6.92 Å². The highest BCUT2D eigenvalue weighted by Crippen LogP contribution is 2.09. The van der Waals surface area contributed by atoms with Crippen molar-refractivity contribution in [2.45, 2.75) is 32.5 Å². The van der Waals surface area contributed by atoms with Gasteiger partial charge in [-0.05, 0) is 25.9 Å². The maximum atomic E-state index is 5.53. The van der Waals surface area contributed by atoms with Crippen LogP contribution in [0.2, 0.25) is 0 Å². The van der Waals surface area contributed by atoms with E-state index in [0.717, 1.165) is 25.9 Å². The number of nitrogens with one attached hydrogen (secondary N) is 1. The second kappa shape index (κ2) is 5.48. The summed E-state index contributed by atoms with van der Waals surface area (Å²) in [5.74, 6) is -0.859. The molecule has 0 aliphatic rings. The Morgan fingerprint density at radius 2 is 1.92 bits per heavy atom. The van der Waals surface area contributed by atoms with Crippen molar-refractivity contribution in [2.75, 3.05) is 13.1 Å². The third-order valence-corrected chi connectivity index (χ3v) is 2.09. The summed E-state index contributed by atoms with van der Waals surface area (Å²) < 4.78 is 0. The van der Waals surface area contributed by atoms with Crippen LogP contribution in [0.25, 0.3) is 0 Å². The molecule has 0 fully saturated rings. The van der Waals surface area contributed by atoms with Gasteiger partial charge in [-0.1, -0.05) is 13.8 Å². The molecule has 1 unspecified atom stereocenters. The van der Waals surface area contributed by atoms with Crippen LogP contribution in [0.15, 0.2) is 0 Å². The molecule has 0 bridgehead atoms. The molecule has 0 saturated carbocycles. The van der Waals surface area contributed by atoms with Gasteiger partial charge in [0.1, 0.15) is 5.79 Å². The molecule has 0 aliphatic carbocycles. The Kier molecular flexibility index (Phi) is 5.41. The van der Waals surface area contributed by atoms with E-state index in [2.05, 4.69) is 12.2 Å². The van der Waals surface area contributed by atoms with E-state index in [0.29, 0.717) is 0 Å². The summed E-state index contributed by atoms with van der Waals surface area (Å²) in [6.45, 7) is 6.08. The zero-order valence-corrected chi connectivity index (χ0v) is 8.14. The van der Waals surface area contributed by atoms with E-state index < -0.39 is 5.79 Å². The molecule has 0 saturated heterocycles. The van der Waals surface area contributed by atoms with E-state index in [9.17, 15) is 0 Å². The van der Waals surface area contributed by atoms with Gasteiger partial charge >= 0.3 is 0 Å². The monoisotopic (exact) mass is 174 g/mol. The van der Waals surface area contributed by atoms with Crippen LogP contribution in [0, 0.1) is 5.92 Å². The van der Waals surface area contributed by atoms with Crippen molar-refractivity contribution in [1.82, 2.24) is 5.32 Å². The molecule has 0 aliphatic heterocycles. The minimum absolute atomic E-state index is 0.163. The van der Waals surface area contributed by atoms with Gasteiger partial charge in [0, 0.05) is 5.92 Å². The van der Waals surface area contributed by atoms with Gasteiger partial charge in [-0.15, -0.1) is 0 Å². The Labute approximate surface area is 74.9 Å². The number of nitrogens with two attached hydrogens (primary N) is 3. The van der Waals surface area contributed by atoms with Crippen molar-refractivity contribution < 1.29 is 0 Å². The zero-order chi connectivity index (χ0) is 9.61. The molecular formula is C8H22N4. The molecule has 0 spiro atoms. The lowest BCUT2D eigenvalue weighted by atomic mass is 9.99. The third kappa shape index (κ3) is 5.49. The standard InChI is InChI=1S/C8H22N4/c1-3-12-6-4-5-7(2)8(9,10)11/h7,12H,3-6,9-11H2,1-2H3. The second-order valence-electron chi connectivity index (χ2n) is 3.40. The Morgan fingerprint density at radius 3 is 2.33 bits per heavy atom. The van der Waals surface area contributed by atoms with Crippen LogP contribution in [0.3, 0.4) is 0 Å². The molecule has 74 valence electrons. The molecule has 1 atom stereocenters. The summed E-state index contributed by atoms with van der Waals surface area (Å²) in [4.78, 5) is 0. The SMILES string of the molecule is CCNCCCC(C)C(N)(N)N. The lowest BCUT2D eigenvalue weighted by molar-refractivity contribution is 0.286. The second-order valence-corrected chi connectivity index (χ2v) is 3.40. The molecule has 0 amide bonds. The fourth-order valence-corrected chi connectivity index (χ4v) is 0.960. The molecule has 12 heavy (non-hydrogen) atoms. The van der Waals surface area contributed by atoms with E-state index >= 15 is 0 Å². The number of hydrogen-bond donors (Lipinski definition) is 4. The summed E-state index contributed by atoms with van der Waals surface area (Å²) in [7, 11) is 0. The maximum absolute atomic E-state index is 5.53. The van der Waals surface area contributed by atoms with E-state index in [1.54, 1.807) is 0 Å². The summed E-state index contributed by atoms with van der Waals surface area (Å²) >= 11 is 0. The third-order valence-electron chi connectivity index (χ3n) is 2.09. The first-order valence-corrected chi connectivity index (χ1v) is 4.55. The van der Waals surface area contributed by atoms with Crippen molar-refractivity contribution in [3.05, 3.63) is 0 Å². The number of rotatable bonds is 6. The highest BCUT2D eigenvalue weighted by molar-refractivity contribution is 4.75. The van der Waals surface area contributed by atoms with Crippen LogP contribution in [0.1, 0.15) is 26.7 Å². The lowest BCUT2D eigenvalue weighted by Gasteiger charge is -2.26. The van der Waals surface area contributed by atoms with Crippen LogP contribution >= 0.6 is 0 Å². The minimum Gasteiger partial charge on any atom is -0.317 e. The van der Waals surface area contributed by atoms with Gasteiger partial charge in [-0.25, -0.2) is 0 Å². The van der Waals surface area contributed by atoms with Gasteiger partial charge in [-0.2, -0.15) is 0 Å². The normalized spacial score (nSPS) is 14.8. The Morgan fingerprint density at radius 1 is 1.33 bits per heavy atom. The van der Waals surface area contributed by atoms with Gasteiger partial charge < -0.3 is 22.5 Å². The molecule has 0 aromatic carbocycles. The van der Waals surface area contributed by atoms with Gasteiger partial charge in [-0.3, -0.25) is 0 Å². The van der Waals surface area contributed by atoms with E-state index in [1.165, 1.54) is 0 Å². The molecule has 4 heteroatoms. The van der Waals surface area contributed by atoms with Crippen molar-refractivity contribution in [1.29, 1.82) is 0 Å². The largest absolute Gasteiger partial charge is 0.317 e. The Balaban J connectivity index is 3.38. The van der Waals surface area contributed by atoms with Crippen molar-refractivity contribution in [3.63, 3.8) is 0 Å². The minimum atomic E-state index is -1.02. The van der Waals surface area contributed by atoms with E-state index in [-0.39, 0.29) is 5.92 Å². The summed E-state index contributed by atoms with van der Waals surface area (Å²) in [6, 6.07) is 0. The quantitative estimate of drug-likeness (QED) is 0.324. The first-order chi connectivity index (χ1) is 5.48. The maximum Gasteiger partial charge on any atom is 0.118 e. The highest BCUT2D eigenvalue weighted by Gasteiger charge is 2.20. The van der Waals surface area contributed by atoms with Crippen LogP contribution in [0.5, 0.6) is 0 Å². The lowest BCUT2D eigenvalue weighted by Crippen LogP contribution is -2.62. The highest BCUT2D eigenvalue weighted by atomic mass is 15.1. The van der Waals surface area contributed by atoms with E-state index in [4.69, 9.17) is 17.2 Å². The van der Waals surface area contributed by atoms with Gasteiger partial charge in [0.15, 0.2) is 0 Å². The molecule has 0 aromatic heterocycles. The average Bonchev–Trinajstić information content (AvgIpc) is 1.96. The average molecular weight is 174 g/mol. The molecular weight excluding hydrogens is 152 g/mol.